The summed E-state index contributed by atoms with van der Waals surface area (Å²) in [5, 5.41) is 3.69. The molecule has 2 aromatic heterocycles. The van der Waals surface area contributed by atoms with Crippen molar-refractivity contribution in [2.45, 2.75) is 65.0 Å². The van der Waals surface area contributed by atoms with Crippen molar-refractivity contribution in [3.05, 3.63) is 27.1 Å². The fourth-order valence-corrected chi connectivity index (χ4v) is 4.19. The smallest absolute Gasteiger partial charge is 0.262 e. The largest absolute Gasteiger partial charge is 0.352 e. The summed E-state index contributed by atoms with van der Waals surface area (Å²) in [5.74, 6) is 0.514. The number of carbonyl (C=O) groups excluding carboxylic acids is 1. The van der Waals surface area contributed by atoms with Crippen molar-refractivity contribution in [1.29, 1.82) is 0 Å². The third-order valence-electron chi connectivity index (χ3n) is 4.51. The van der Waals surface area contributed by atoms with Crippen LogP contribution < -0.4 is 10.9 Å². The Balaban J connectivity index is 1.81. The Kier molecular flexibility index (Phi) is 4.80. The summed E-state index contributed by atoms with van der Waals surface area (Å²) in [7, 11) is 0. The van der Waals surface area contributed by atoms with Crippen molar-refractivity contribution < 1.29 is 4.79 Å². The highest BCUT2D eigenvalue weighted by molar-refractivity contribution is 7.18. The first-order chi connectivity index (χ1) is 11.1. The van der Waals surface area contributed by atoms with Crippen LogP contribution in [0.2, 0.25) is 0 Å². The summed E-state index contributed by atoms with van der Waals surface area (Å²) in [6.07, 6.45) is 6.58. The zero-order chi connectivity index (χ0) is 16.4. The molecule has 0 unspecified atom stereocenters. The molecule has 124 valence electrons. The van der Waals surface area contributed by atoms with E-state index in [1.807, 2.05) is 6.07 Å². The topological polar surface area (TPSA) is 64.0 Å². The maximum absolute atomic E-state index is 12.7. The summed E-state index contributed by atoms with van der Waals surface area (Å²) < 4.78 is 1.49. The lowest BCUT2D eigenvalue weighted by Crippen LogP contribution is -2.40. The Labute approximate surface area is 139 Å². The number of nitrogens with zero attached hydrogens (tertiary/aromatic N) is 2. The van der Waals surface area contributed by atoms with Gasteiger partial charge in [-0.3, -0.25) is 14.2 Å². The minimum Gasteiger partial charge on any atom is -0.352 e. The second-order valence-electron chi connectivity index (χ2n) is 6.24. The van der Waals surface area contributed by atoms with Crippen molar-refractivity contribution in [2.24, 2.45) is 0 Å². The van der Waals surface area contributed by atoms with Gasteiger partial charge in [-0.05, 0) is 32.3 Å². The van der Waals surface area contributed by atoms with E-state index in [2.05, 4.69) is 17.2 Å². The van der Waals surface area contributed by atoms with Crippen LogP contribution in [0.4, 0.5) is 0 Å². The highest BCUT2D eigenvalue weighted by atomic mass is 32.1. The number of fused-ring (bicyclic) bond motifs is 1. The molecule has 1 saturated carbocycles. The first-order valence-electron chi connectivity index (χ1n) is 8.37. The molecule has 5 nitrogen and oxygen atoms in total. The van der Waals surface area contributed by atoms with Crippen molar-refractivity contribution in [1.82, 2.24) is 14.9 Å². The lowest BCUT2D eigenvalue weighted by molar-refractivity contribution is -0.122. The number of hydrogen-bond acceptors (Lipinski definition) is 4. The molecule has 0 saturated heterocycles. The van der Waals surface area contributed by atoms with E-state index >= 15 is 0 Å². The quantitative estimate of drug-likeness (QED) is 0.936. The van der Waals surface area contributed by atoms with Gasteiger partial charge in [0.25, 0.3) is 5.56 Å². The molecule has 2 heterocycles. The maximum Gasteiger partial charge on any atom is 0.262 e. The highest BCUT2D eigenvalue weighted by Crippen LogP contribution is 2.22. The molecule has 0 bridgehead atoms. The van der Waals surface area contributed by atoms with Crippen LogP contribution in [-0.4, -0.2) is 21.5 Å². The Morgan fingerprint density at radius 1 is 1.39 bits per heavy atom. The van der Waals surface area contributed by atoms with Gasteiger partial charge in [0, 0.05) is 10.9 Å². The molecule has 23 heavy (non-hydrogen) atoms. The molecule has 3 rings (SSSR count). The van der Waals surface area contributed by atoms with Gasteiger partial charge in [-0.2, -0.15) is 0 Å². The van der Waals surface area contributed by atoms with Crippen LogP contribution in [0.3, 0.4) is 0 Å². The van der Waals surface area contributed by atoms with Gasteiger partial charge in [0.05, 0.1) is 5.39 Å². The third kappa shape index (κ3) is 3.47. The van der Waals surface area contributed by atoms with E-state index in [-0.39, 0.29) is 24.1 Å². The molecule has 1 aliphatic rings. The molecular formula is C17H23N3O2S. The van der Waals surface area contributed by atoms with E-state index in [1.54, 1.807) is 18.3 Å². The molecular weight excluding hydrogens is 310 g/mol. The number of amides is 1. The lowest BCUT2D eigenvalue weighted by atomic mass is 9.95. The fraction of sp³-hybridized carbons (Fsp3) is 0.588. The van der Waals surface area contributed by atoms with Crippen LogP contribution in [0.25, 0.3) is 10.2 Å². The van der Waals surface area contributed by atoms with Crippen LogP contribution in [0.5, 0.6) is 0 Å². The van der Waals surface area contributed by atoms with Gasteiger partial charge in [0.2, 0.25) is 5.91 Å². The minimum atomic E-state index is -0.109. The summed E-state index contributed by atoms with van der Waals surface area (Å²) in [5.41, 5.74) is -0.109. The number of rotatable bonds is 4. The van der Waals surface area contributed by atoms with Gasteiger partial charge in [-0.1, -0.05) is 26.2 Å². The molecule has 6 heteroatoms. The van der Waals surface area contributed by atoms with E-state index in [0.717, 1.165) is 29.0 Å². The van der Waals surface area contributed by atoms with Crippen LogP contribution >= 0.6 is 11.3 Å². The van der Waals surface area contributed by atoms with Crippen molar-refractivity contribution in [3.8, 4) is 0 Å². The van der Waals surface area contributed by atoms with Crippen LogP contribution in [0, 0.1) is 6.92 Å². The Hall–Kier alpha value is -1.69. The van der Waals surface area contributed by atoms with Gasteiger partial charge in [0.1, 0.15) is 17.2 Å². The van der Waals surface area contributed by atoms with E-state index < -0.39 is 0 Å². The fourth-order valence-electron chi connectivity index (χ4n) is 3.19. The molecule has 0 spiro atoms. The highest BCUT2D eigenvalue weighted by Gasteiger charge is 2.18. The average molecular weight is 333 g/mol. The van der Waals surface area contributed by atoms with Crippen molar-refractivity contribution in [3.63, 3.8) is 0 Å². The summed E-state index contributed by atoms with van der Waals surface area (Å²) in [4.78, 5) is 31.4. The van der Waals surface area contributed by atoms with Crippen LogP contribution in [0.15, 0.2) is 10.9 Å². The van der Waals surface area contributed by atoms with Crippen molar-refractivity contribution >= 4 is 27.5 Å². The molecule has 1 N–H and O–H groups in total. The van der Waals surface area contributed by atoms with Gasteiger partial charge in [-0.25, -0.2) is 4.98 Å². The van der Waals surface area contributed by atoms with E-state index in [4.69, 9.17) is 0 Å². The van der Waals surface area contributed by atoms with Gasteiger partial charge >= 0.3 is 0 Å². The number of hydrogen-bond donors (Lipinski definition) is 1. The predicted molar refractivity (Wildman–Crippen MR) is 93.0 cm³/mol. The number of aromatic nitrogens is 2. The Bertz CT molecular complexity index is 772. The third-order valence-corrected chi connectivity index (χ3v) is 5.69. The molecule has 0 atom stereocenters. The molecule has 1 aliphatic carbocycles. The Morgan fingerprint density at radius 2 is 2.13 bits per heavy atom. The molecule has 0 aliphatic heterocycles. The maximum atomic E-state index is 12.7. The second-order valence-corrected chi connectivity index (χ2v) is 7.35. The molecule has 1 amide bonds. The Morgan fingerprint density at radius 3 is 2.83 bits per heavy atom. The number of aryl methyl sites for hydroxylation is 2. The minimum absolute atomic E-state index is 0.0570. The van der Waals surface area contributed by atoms with Gasteiger partial charge in [0.15, 0.2) is 0 Å². The summed E-state index contributed by atoms with van der Waals surface area (Å²) in [6.45, 7) is 3.91. The monoisotopic (exact) mass is 333 g/mol. The number of nitrogens with one attached hydrogen (secondary N) is 1. The predicted octanol–water partition coefficient (Wildman–Crippen LogP) is 2.78. The number of carbonyl (C=O) groups is 1. The molecule has 1 fully saturated rings. The van der Waals surface area contributed by atoms with E-state index in [0.29, 0.717) is 11.2 Å². The second kappa shape index (κ2) is 6.83. The zero-order valence-electron chi connectivity index (χ0n) is 13.7. The molecule has 2 aromatic rings. The zero-order valence-corrected chi connectivity index (χ0v) is 14.5. The molecule has 0 radical (unpaired) electrons. The average Bonchev–Trinajstić information content (AvgIpc) is 2.95. The number of thiophene rings is 1. The normalized spacial score (nSPS) is 15.9. The first-order valence-corrected chi connectivity index (χ1v) is 9.19. The lowest BCUT2D eigenvalue weighted by Gasteiger charge is -2.23. The molecule has 0 aromatic carbocycles. The van der Waals surface area contributed by atoms with Crippen LogP contribution in [0.1, 0.15) is 49.7 Å². The van der Waals surface area contributed by atoms with E-state index in [9.17, 15) is 9.59 Å². The van der Waals surface area contributed by atoms with Crippen molar-refractivity contribution in [2.75, 3.05) is 0 Å². The van der Waals surface area contributed by atoms with E-state index in [1.165, 1.54) is 23.8 Å². The van der Waals surface area contributed by atoms with Gasteiger partial charge < -0.3 is 5.32 Å². The van der Waals surface area contributed by atoms with Gasteiger partial charge in [-0.15, -0.1) is 11.3 Å². The SMILES string of the molecule is CCc1cc2c(=O)n(CC(=O)NC3CCCCC3)c(C)nc2s1. The summed E-state index contributed by atoms with van der Waals surface area (Å²) >= 11 is 1.56. The summed E-state index contributed by atoms with van der Waals surface area (Å²) in [6, 6.07) is 2.17. The van der Waals surface area contributed by atoms with Crippen LogP contribution in [-0.2, 0) is 17.8 Å². The standard InChI is InChI=1S/C17H23N3O2S/c1-3-13-9-14-16(23-13)18-11(2)20(17(14)22)10-15(21)19-12-7-5-4-6-8-12/h9,12H,3-8,10H2,1-2H3,(H,19,21). The first kappa shape index (κ1) is 16.2.